The second-order valence-electron chi connectivity index (χ2n) is 6.23. The van der Waals surface area contributed by atoms with Crippen LogP contribution in [0.25, 0.3) is 0 Å². The van der Waals surface area contributed by atoms with E-state index in [1.807, 2.05) is 19.9 Å². The van der Waals surface area contributed by atoms with Gasteiger partial charge in [-0.2, -0.15) is 0 Å². The van der Waals surface area contributed by atoms with Gasteiger partial charge < -0.3 is 15.0 Å². The molecule has 0 unspecified atom stereocenters. The van der Waals surface area contributed by atoms with Gasteiger partial charge in [0.1, 0.15) is 5.75 Å². The van der Waals surface area contributed by atoms with Gasteiger partial charge >= 0.3 is 0 Å². The molecule has 2 heterocycles. The molecule has 1 aromatic carbocycles. The fourth-order valence-electron chi connectivity index (χ4n) is 3.16. The monoisotopic (exact) mass is 346 g/mol. The van der Waals surface area contributed by atoms with Crippen molar-refractivity contribution >= 4 is 17.5 Å². The van der Waals surface area contributed by atoms with Crippen LogP contribution in [0, 0.1) is 13.8 Å². The van der Waals surface area contributed by atoms with Crippen LogP contribution in [0.3, 0.4) is 0 Å². The molecule has 1 amide bonds. The lowest BCUT2D eigenvalue weighted by molar-refractivity contribution is 0.0747. The van der Waals surface area contributed by atoms with E-state index in [0.29, 0.717) is 24.1 Å². The average Bonchev–Trinajstić information content (AvgIpc) is 2.64. The summed E-state index contributed by atoms with van der Waals surface area (Å²) in [5, 5.41) is 10.1. The maximum Gasteiger partial charge on any atom is 0.254 e. The van der Waals surface area contributed by atoms with Crippen LogP contribution in [-0.2, 0) is 13.0 Å². The van der Waals surface area contributed by atoms with E-state index in [9.17, 15) is 14.7 Å². The molecule has 126 valence electrons. The van der Waals surface area contributed by atoms with E-state index in [1.54, 1.807) is 11.0 Å². The molecule has 0 bridgehead atoms. The van der Waals surface area contributed by atoms with Gasteiger partial charge in [0.2, 0.25) is 0 Å². The minimum atomic E-state index is -0.186. The van der Waals surface area contributed by atoms with Crippen molar-refractivity contribution in [1.82, 2.24) is 9.88 Å². The topological polar surface area (TPSA) is 73.4 Å². The highest BCUT2D eigenvalue weighted by atomic mass is 35.5. The zero-order chi connectivity index (χ0) is 17.4. The Kier molecular flexibility index (Phi) is 4.37. The molecular weight excluding hydrogens is 328 g/mol. The predicted molar refractivity (Wildman–Crippen MR) is 92.7 cm³/mol. The van der Waals surface area contributed by atoms with E-state index in [2.05, 4.69) is 4.98 Å². The number of hydrogen-bond acceptors (Lipinski definition) is 3. The molecule has 0 radical (unpaired) electrons. The molecule has 24 heavy (non-hydrogen) atoms. The number of nitrogens with zero attached hydrogens (tertiary/aromatic N) is 1. The quantitative estimate of drug-likeness (QED) is 0.878. The molecule has 1 aliphatic heterocycles. The zero-order valence-electron chi connectivity index (χ0n) is 13.6. The number of benzene rings is 1. The molecular formula is C18H19ClN2O3. The molecule has 0 atom stereocenters. The first-order valence-corrected chi connectivity index (χ1v) is 8.24. The summed E-state index contributed by atoms with van der Waals surface area (Å²) < 4.78 is 0. The van der Waals surface area contributed by atoms with E-state index in [1.165, 1.54) is 6.07 Å². The van der Waals surface area contributed by atoms with Crippen molar-refractivity contribution in [1.29, 1.82) is 0 Å². The summed E-state index contributed by atoms with van der Waals surface area (Å²) in [7, 11) is 0. The fourth-order valence-corrected chi connectivity index (χ4v) is 3.35. The van der Waals surface area contributed by atoms with Crippen molar-refractivity contribution in [2.75, 3.05) is 6.54 Å². The van der Waals surface area contributed by atoms with Gasteiger partial charge in [-0.15, -0.1) is 0 Å². The van der Waals surface area contributed by atoms with E-state index >= 15 is 0 Å². The molecule has 0 saturated heterocycles. The number of rotatable bonds is 2. The van der Waals surface area contributed by atoms with Gasteiger partial charge in [0.25, 0.3) is 11.5 Å². The van der Waals surface area contributed by atoms with Crippen LogP contribution in [0.5, 0.6) is 5.75 Å². The van der Waals surface area contributed by atoms with E-state index < -0.39 is 0 Å². The van der Waals surface area contributed by atoms with Gasteiger partial charge in [0.05, 0.1) is 11.6 Å². The Morgan fingerprint density at radius 1 is 1.25 bits per heavy atom. The van der Waals surface area contributed by atoms with Crippen LogP contribution in [0.1, 0.15) is 39.2 Å². The summed E-state index contributed by atoms with van der Waals surface area (Å²) in [6, 6.07) is 4.97. The number of amides is 1. The summed E-state index contributed by atoms with van der Waals surface area (Å²) >= 11 is 5.95. The molecule has 0 aliphatic carbocycles. The van der Waals surface area contributed by atoms with Crippen molar-refractivity contribution in [2.45, 2.75) is 33.2 Å². The van der Waals surface area contributed by atoms with Crippen LogP contribution in [0.2, 0.25) is 5.02 Å². The molecule has 5 nitrogen and oxygen atoms in total. The molecule has 0 saturated carbocycles. The highest BCUT2D eigenvalue weighted by Crippen LogP contribution is 2.30. The fraction of sp³-hybridized carbons (Fsp3) is 0.333. The first-order chi connectivity index (χ1) is 11.4. The molecule has 2 N–H and O–H groups in total. The number of aromatic hydroxyl groups is 1. The third-order valence-electron chi connectivity index (χ3n) is 4.41. The van der Waals surface area contributed by atoms with Crippen molar-refractivity contribution in [3.05, 3.63) is 61.5 Å². The first kappa shape index (κ1) is 16.6. The highest BCUT2D eigenvalue weighted by Gasteiger charge is 2.25. The van der Waals surface area contributed by atoms with Crippen LogP contribution in [-0.4, -0.2) is 27.4 Å². The third kappa shape index (κ3) is 3.04. The maximum absolute atomic E-state index is 12.9. The van der Waals surface area contributed by atoms with E-state index in [0.717, 1.165) is 23.2 Å². The number of H-pyrrole nitrogens is 1. The van der Waals surface area contributed by atoms with Gasteiger partial charge in [0, 0.05) is 23.4 Å². The summed E-state index contributed by atoms with van der Waals surface area (Å²) in [5.74, 6) is -0.288. The molecule has 0 spiro atoms. The van der Waals surface area contributed by atoms with Gasteiger partial charge in [-0.25, -0.2) is 0 Å². The number of carbonyl (C=O) groups is 1. The number of halogens is 1. The first-order valence-electron chi connectivity index (χ1n) is 7.87. The number of hydrogen-bond donors (Lipinski definition) is 2. The highest BCUT2D eigenvalue weighted by molar-refractivity contribution is 6.32. The zero-order valence-corrected chi connectivity index (χ0v) is 14.4. The van der Waals surface area contributed by atoms with Gasteiger partial charge in [0.15, 0.2) is 0 Å². The lowest BCUT2D eigenvalue weighted by atomic mass is 10.0. The second-order valence-corrected chi connectivity index (χ2v) is 6.64. The smallest absolute Gasteiger partial charge is 0.254 e. The van der Waals surface area contributed by atoms with Crippen molar-refractivity contribution < 1.29 is 9.90 Å². The Balaban J connectivity index is 1.97. The van der Waals surface area contributed by atoms with E-state index in [-0.39, 0.29) is 28.8 Å². The number of fused-ring (bicyclic) bond motifs is 1. The van der Waals surface area contributed by atoms with Crippen molar-refractivity contribution in [3.8, 4) is 5.75 Å². The standard InChI is InChI=1S/C18H19ClN2O3/c1-10-6-11(2)20-17(23)14(10)9-21-5-3-4-12-7-15(19)16(22)8-13(12)18(21)24/h6-8,22H,3-5,9H2,1-2H3,(H,20,23). The largest absolute Gasteiger partial charge is 0.506 e. The number of nitrogens with one attached hydrogen (secondary N) is 1. The van der Waals surface area contributed by atoms with Crippen LogP contribution < -0.4 is 5.56 Å². The van der Waals surface area contributed by atoms with Crippen LogP contribution >= 0.6 is 11.6 Å². The van der Waals surface area contributed by atoms with Gasteiger partial charge in [-0.3, -0.25) is 9.59 Å². The summed E-state index contributed by atoms with van der Waals surface area (Å²) in [6.07, 6.45) is 1.49. The van der Waals surface area contributed by atoms with Gasteiger partial charge in [-0.05, 0) is 56.0 Å². The SMILES string of the molecule is Cc1cc(C)c(CN2CCCc3cc(Cl)c(O)cc3C2=O)c(=O)[nH]1. The molecule has 3 rings (SSSR count). The van der Waals surface area contributed by atoms with Gasteiger partial charge in [-0.1, -0.05) is 11.6 Å². The number of aromatic nitrogens is 1. The van der Waals surface area contributed by atoms with E-state index in [4.69, 9.17) is 11.6 Å². The van der Waals surface area contributed by atoms with Crippen LogP contribution in [0.15, 0.2) is 23.0 Å². The third-order valence-corrected chi connectivity index (χ3v) is 4.71. The number of pyridine rings is 1. The summed E-state index contributed by atoms with van der Waals surface area (Å²) in [5.41, 5.74) is 3.38. The second kappa shape index (κ2) is 6.32. The Hall–Kier alpha value is -2.27. The van der Waals surface area contributed by atoms with Crippen LogP contribution in [0.4, 0.5) is 0 Å². The molecule has 0 fully saturated rings. The minimum Gasteiger partial charge on any atom is -0.506 e. The number of phenols is 1. The maximum atomic E-state index is 12.9. The number of aromatic amines is 1. The molecule has 2 aromatic rings. The normalized spacial score (nSPS) is 14.5. The molecule has 6 heteroatoms. The number of carbonyl (C=O) groups excluding carboxylic acids is 1. The lowest BCUT2D eigenvalue weighted by Crippen LogP contribution is -2.33. The molecule has 1 aromatic heterocycles. The Morgan fingerprint density at radius 2 is 2.00 bits per heavy atom. The Labute approximate surface area is 144 Å². The Morgan fingerprint density at radius 3 is 2.71 bits per heavy atom. The summed E-state index contributed by atoms with van der Waals surface area (Å²) in [4.78, 5) is 29.5. The Bertz CT molecular complexity index is 873. The lowest BCUT2D eigenvalue weighted by Gasteiger charge is -2.22. The summed E-state index contributed by atoms with van der Waals surface area (Å²) in [6.45, 7) is 4.51. The number of aryl methyl sites for hydroxylation is 3. The minimum absolute atomic E-state index is 0.102. The average molecular weight is 347 g/mol. The number of phenolic OH excluding ortho intramolecular Hbond substituents is 1. The molecule has 1 aliphatic rings. The van der Waals surface area contributed by atoms with Crippen molar-refractivity contribution in [2.24, 2.45) is 0 Å². The predicted octanol–water partition coefficient (Wildman–Crippen LogP) is 2.94. The van der Waals surface area contributed by atoms with Crippen molar-refractivity contribution in [3.63, 3.8) is 0 Å².